The van der Waals surface area contributed by atoms with Crippen molar-refractivity contribution in [1.29, 1.82) is 0 Å². The van der Waals surface area contributed by atoms with Gasteiger partial charge in [-0.1, -0.05) is 29.8 Å². The summed E-state index contributed by atoms with van der Waals surface area (Å²) < 4.78 is 0. The summed E-state index contributed by atoms with van der Waals surface area (Å²) in [6, 6.07) is 8.42. The molecule has 4 rings (SSSR count). The number of carbonyl (C=O) groups is 3. The molecule has 2 fully saturated rings. The van der Waals surface area contributed by atoms with E-state index in [2.05, 4.69) is 10.2 Å². The van der Waals surface area contributed by atoms with Gasteiger partial charge in [-0.15, -0.1) is 0 Å². The Kier molecular flexibility index (Phi) is 6.78. The third-order valence-electron chi connectivity index (χ3n) is 7.84. The first kappa shape index (κ1) is 24.4. The Balaban J connectivity index is 1.74. The minimum atomic E-state index is -1.07. The summed E-state index contributed by atoms with van der Waals surface area (Å²) in [5, 5.41) is 14.9. The standard InChI is InChI=1S/C27H35N3O4/c1-19-12-14-26(24(32)30(25(33)28-26)22-8-5-4-6-9-22)15-16-27(34)13-7-17-29(3)23(27)18-21(19)11-10-20(2)31/h4-6,8-11,23,34H,7,12-18H2,1-3H3,(H,28,33)/b11-10-,21-19?. The number of imide groups is 1. The summed E-state index contributed by atoms with van der Waals surface area (Å²) in [4.78, 5) is 41.9. The largest absolute Gasteiger partial charge is 0.388 e. The summed E-state index contributed by atoms with van der Waals surface area (Å²) in [7, 11) is 2.03. The summed E-state index contributed by atoms with van der Waals surface area (Å²) in [6.07, 6.45) is 7.45. The summed E-state index contributed by atoms with van der Waals surface area (Å²) in [5.41, 5.74) is 0.571. The molecule has 182 valence electrons. The number of piperidine rings is 1. The van der Waals surface area contributed by atoms with Crippen molar-refractivity contribution in [3.05, 3.63) is 53.6 Å². The number of ketones is 1. The topological polar surface area (TPSA) is 89.9 Å². The predicted octanol–water partition coefficient (Wildman–Crippen LogP) is 3.73. The van der Waals surface area contributed by atoms with E-state index in [0.29, 0.717) is 44.2 Å². The number of benzene rings is 1. The molecule has 1 aliphatic carbocycles. The number of nitrogens with one attached hydrogen (secondary N) is 1. The van der Waals surface area contributed by atoms with Gasteiger partial charge < -0.3 is 15.3 Å². The zero-order valence-corrected chi connectivity index (χ0v) is 20.3. The molecule has 2 aliphatic heterocycles. The molecule has 0 radical (unpaired) electrons. The van der Waals surface area contributed by atoms with Crippen molar-refractivity contribution < 1.29 is 19.5 Å². The van der Waals surface area contributed by atoms with Crippen LogP contribution in [0.1, 0.15) is 58.8 Å². The Hall–Kier alpha value is -2.77. The van der Waals surface area contributed by atoms with Gasteiger partial charge in [0.2, 0.25) is 0 Å². The number of hydrogen-bond donors (Lipinski definition) is 2. The molecular formula is C27H35N3O4. The fourth-order valence-electron chi connectivity index (χ4n) is 5.70. The first-order valence-electron chi connectivity index (χ1n) is 12.2. The molecule has 3 atom stereocenters. The van der Waals surface area contributed by atoms with Crippen LogP contribution in [0.4, 0.5) is 10.5 Å². The van der Waals surface area contributed by atoms with Gasteiger partial charge in [-0.25, -0.2) is 9.69 Å². The van der Waals surface area contributed by atoms with Crippen LogP contribution in [0.15, 0.2) is 53.6 Å². The van der Waals surface area contributed by atoms with E-state index in [1.54, 1.807) is 30.3 Å². The van der Waals surface area contributed by atoms with Gasteiger partial charge in [0, 0.05) is 6.04 Å². The summed E-state index contributed by atoms with van der Waals surface area (Å²) >= 11 is 0. The molecule has 7 heteroatoms. The van der Waals surface area contributed by atoms with Crippen LogP contribution in [0.2, 0.25) is 0 Å². The monoisotopic (exact) mass is 465 g/mol. The van der Waals surface area contributed by atoms with Crippen LogP contribution in [0.3, 0.4) is 0 Å². The van der Waals surface area contributed by atoms with Crippen LogP contribution in [-0.4, -0.2) is 58.5 Å². The zero-order chi connectivity index (χ0) is 24.5. The lowest BCUT2D eigenvalue weighted by Gasteiger charge is -2.47. The number of urea groups is 1. The van der Waals surface area contributed by atoms with Crippen molar-refractivity contribution in [2.45, 2.75) is 76.0 Å². The Labute approximate surface area is 201 Å². The maximum Gasteiger partial charge on any atom is 0.329 e. The Bertz CT molecular complexity index is 1030. The molecule has 1 aromatic rings. The maximum absolute atomic E-state index is 13.8. The summed E-state index contributed by atoms with van der Waals surface area (Å²) in [6.45, 7) is 4.43. The van der Waals surface area contributed by atoms with Gasteiger partial charge in [-0.3, -0.25) is 9.59 Å². The summed E-state index contributed by atoms with van der Waals surface area (Å²) in [5.74, 6) is -0.292. The fraction of sp³-hybridized carbons (Fsp3) is 0.519. The fourth-order valence-corrected chi connectivity index (χ4v) is 5.70. The second-order valence-corrected chi connectivity index (χ2v) is 10.1. The van der Waals surface area contributed by atoms with Gasteiger partial charge in [0.1, 0.15) is 5.54 Å². The number of likely N-dealkylation sites (tertiary alicyclic amines) is 1. The van der Waals surface area contributed by atoms with Gasteiger partial charge in [0.15, 0.2) is 5.78 Å². The molecule has 3 amide bonds. The number of amides is 3. The Morgan fingerprint density at radius 1 is 1.15 bits per heavy atom. The number of anilines is 1. The molecule has 3 unspecified atom stereocenters. The van der Waals surface area contributed by atoms with Crippen molar-refractivity contribution in [2.24, 2.45) is 0 Å². The number of aliphatic hydroxyl groups is 1. The van der Waals surface area contributed by atoms with Crippen molar-refractivity contribution in [3.63, 3.8) is 0 Å². The SMILES string of the molecule is CC(=O)/C=C\C1=C(C)CCC2(CCC3(O)CCCN(C)C3C1)NC(=O)N(c1ccccc1)C2=O. The molecule has 3 aliphatic rings. The second kappa shape index (κ2) is 9.47. The molecule has 0 bridgehead atoms. The minimum absolute atomic E-state index is 0.0298. The van der Waals surface area contributed by atoms with Crippen LogP contribution in [0, 0.1) is 0 Å². The molecule has 7 nitrogen and oxygen atoms in total. The molecule has 34 heavy (non-hydrogen) atoms. The molecule has 0 saturated carbocycles. The van der Waals surface area contributed by atoms with Gasteiger partial charge in [0.25, 0.3) is 5.91 Å². The van der Waals surface area contributed by atoms with Crippen LogP contribution in [0.25, 0.3) is 0 Å². The van der Waals surface area contributed by atoms with E-state index in [4.69, 9.17) is 0 Å². The van der Waals surface area contributed by atoms with E-state index in [1.807, 2.05) is 26.1 Å². The molecule has 2 saturated heterocycles. The average molecular weight is 466 g/mol. The van der Waals surface area contributed by atoms with Crippen molar-refractivity contribution in [1.82, 2.24) is 10.2 Å². The highest BCUT2D eigenvalue weighted by atomic mass is 16.3. The van der Waals surface area contributed by atoms with E-state index >= 15 is 0 Å². The van der Waals surface area contributed by atoms with Crippen LogP contribution >= 0.6 is 0 Å². The van der Waals surface area contributed by atoms with Gasteiger partial charge in [-0.2, -0.15) is 0 Å². The normalized spacial score (nSPS) is 31.2. The van der Waals surface area contributed by atoms with Crippen LogP contribution in [0.5, 0.6) is 0 Å². The lowest BCUT2D eigenvalue weighted by molar-refractivity contribution is -0.124. The number of rotatable bonds is 3. The molecule has 1 spiro atoms. The third-order valence-corrected chi connectivity index (χ3v) is 7.84. The molecule has 1 aromatic carbocycles. The molecule has 2 N–H and O–H groups in total. The van der Waals surface area contributed by atoms with E-state index in [1.165, 1.54) is 11.8 Å². The highest BCUT2D eigenvalue weighted by molar-refractivity contribution is 6.23. The highest BCUT2D eigenvalue weighted by Crippen LogP contribution is 2.41. The first-order valence-corrected chi connectivity index (χ1v) is 12.2. The molecule has 0 aromatic heterocycles. The van der Waals surface area contributed by atoms with Crippen LogP contribution < -0.4 is 10.2 Å². The quantitative estimate of drug-likeness (QED) is 0.524. The van der Waals surface area contributed by atoms with Crippen molar-refractivity contribution in [2.75, 3.05) is 18.5 Å². The van der Waals surface area contributed by atoms with Gasteiger partial charge in [0.05, 0.1) is 11.3 Å². The first-order chi connectivity index (χ1) is 16.2. The van der Waals surface area contributed by atoms with Crippen molar-refractivity contribution in [3.8, 4) is 0 Å². The molecule has 2 heterocycles. The maximum atomic E-state index is 13.8. The molecular weight excluding hydrogens is 430 g/mol. The van der Waals surface area contributed by atoms with Crippen LogP contribution in [-0.2, 0) is 9.59 Å². The number of fused-ring (bicyclic) bond motifs is 1. The lowest BCUT2D eigenvalue weighted by atomic mass is 9.73. The predicted molar refractivity (Wildman–Crippen MR) is 131 cm³/mol. The van der Waals surface area contributed by atoms with Crippen molar-refractivity contribution >= 4 is 23.4 Å². The lowest BCUT2D eigenvalue weighted by Crippen LogP contribution is -2.57. The second-order valence-electron chi connectivity index (χ2n) is 10.1. The zero-order valence-electron chi connectivity index (χ0n) is 20.3. The van der Waals surface area contributed by atoms with E-state index in [9.17, 15) is 19.5 Å². The number of nitrogens with zero attached hydrogens (tertiary/aromatic N) is 2. The number of likely N-dealkylation sites (N-methyl/N-ethyl adjacent to an activating group) is 1. The number of allylic oxidation sites excluding steroid dienone is 3. The number of carbonyl (C=O) groups excluding carboxylic acids is 3. The highest BCUT2D eigenvalue weighted by Gasteiger charge is 2.53. The Morgan fingerprint density at radius 2 is 1.88 bits per heavy atom. The van der Waals surface area contributed by atoms with Gasteiger partial charge in [-0.05, 0) is 96.2 Å². The third kappa shape index (κ3) is 4.59. The Morgan fingerprint density at radius 3 is 2.59 bits per heavy atom. The average Bonchev–Trinajstić information content (AvgIpc) is 3.05. The van der Waals surface area contributed by atoms with E-state index in [0.717, 1.165) is 24.1 Å². The van der Waals surface area contributed by atoms with E-state index < -0.39 is 17.2 Å². The number of para-hydroxylation sites is 1. The van der Waals surface area contributed by atoms with Gasteiger partial charge >= 0.3 is 6.03 Å². The number of hydrogen-bond acceptors (Lipinski definition) is 5. The smallest absolute Gasteiger partial charge is 0.329 e. The van der Waals surface area contributed by atoms with E-state index in [-0.39, 0.29) is 17.7 Å². The minimum Gasteiger partial charge on any atom is -0.388 e.